The Kier molecular flexibility index (Phi) is 5.56. The minimum Gasteiger partial charge on any atom is -0.493 e. The minimum absolute atomic E-state index is 0.577. The van der Waals surface area contributed by atoms with Gasteiger partial charge in [0.05, 0.1) is 20.3 Å². The molecule has 2 aromatic carbocycles. The molecule has 0 aromatic heterocycles. The van der Waals surface area contributed by atoms with Crippen molar-refractivity contribution in [3.8, 4) is 17.2 Å². The van der Waals surface area contributed by atoms with Gasteiger partial charge < -0.3 is 14.2 Å². The zero-order valence-corrected chi connectivity index (χ0v) is 12.1. The van der Waals surface area contributed by atoms with Crippen LogP contribution in [0.1, 0.15) is 6.42 Å². The zero-order valence-electron chi connectivity index (χ0n) is 11.3. The van der Waals surface area contributed by atoms with E-state index in [2.05, 4.69) is 0 Å². The van der Waals surface area contributed by atoms with Gasteiger partial charge in [-0.2, -0.15) is 0 Å². The lowest BCUT2D eigenvalue weighted by molar-refractivity contribution is 0.240. The summed E-state index contributed by atoms with van der Waals surface area (Å²) < 4.78 is 16.5. The van der Waals surface area contributed by atoms with Gasteiger partial charge in [0.15, 0.2) is 11.5 Å². The summed E-state index contributed by atoms with van der Waals surface area (Å²) in [5.41, 5.74) is 0. The second-order valence-electron chi connectivity index (χ2n) is 4.16. The Labute approximate surface area is 124 Å². The summed E-state index contributed by atoms with van der Waals surface area (Å²) in [6.45, 7) is 1.17. The highest BCUT2D eigenvalue weighted by Gasteiger charge is 2.02. The summed E-state index contributed by atoms with van der Waals surface area (Å²) in [5.74, 6) is 2.30. The highest BCUT2D eigenvalue weighted by atomic mass is 35.5. The van der Waals surface area contributed by atoms with Crippen molar-refractivity contribution in [2.45, 2.75) is 6.42 Å². The van der Waals surface area contributed by atoms with Crippen LogP contribution in [0.15, 0.2) is 48.5 Å². The number of methoxy groups -OCH3 is 1. The second kappa shape index (κ2) is 7.65. The predicted molar refractivity (Wildman–Crippen MR) is 80.1 cm³/mol. The molecule has 0 aliphatic carbocycles. The summed E-state index contributed by atoms with van der Waals surface area (Å²) >= 11 is 5.80. The number of para-hydroxylation sites is 2. The Morgan fingerprint density at radius 3 is 2.20 bits per heavy atom. The van der Waals surface area contributed by atoms with E-state index in [1.54, 1.807) is 7.11 Å². The molecule has 3 nitrogen and oxygen atoms in total. The Balaban J connectivity index is 1.70. The van der Waals surface area contributed by atoms with E-state index in [0.29, 0.717) is 18.2 Å². The van der Waals surface area contributed by atoms with Crippen molar-refractivity contribution in [2.24, 2.45) is 0 Å². The van der Waals surface area contributed by atoms with Gasteiger partial charge in [-0.25, -0.2) is 0 Å². The monoisotopic (exact) mass is 292 g/mol. The van der Waals surface area contributed by atoms with Crippen molar-refractivity contribution >= 4 is 11.6 Å². The molecule has 0 aliphatic rings. The zero-order chi connectivity index (χ0) is 14.2. The Morgan fingerprint density at radius 1 is 0.850 bits per heavy atom. The first kappa shape index (κ1) is 14.5. The van der Waals surface area contributed by atoms with E-state index in [-0.39, 0.29) is 0 Å². The quantitative estimate of drug-likeness (QED) is 0.716. The molecule has 0 spiro atoms. The molecule has 0 atom stereocenters. The van der Waals surface area contributed by atoms with Gasteiger partial charge in [-0.1, -0.05) is 23.7 Å². The number of benzene rings is 2. The standard InChI is InChI=1S/C16H17ClO3/c1-18-15-5-2-3-6-16(15)20-12-4-11-19-14-9-7-13(17)8-10-14/h2-3,5-10H,4,11-12H2,1H3. The Morgan fingerprint density at radius 2 is 1.50 bits per heavy atom. The van der Waals surface area contributed by atoms with Crippen LogP contribution in [0.25, 0.3) is 0 Å². The van der Waals surface area contributed by atoms with Gasteiger partial charge in [-0.15, -0.1) is 0 Å². The van der Waals surface area contributed by atoms with E-state index in [9.17, 15) is 0 Å². The molecule has 0 bridgehead atoms. The normalized spacial score (nSPS) is 10.1. The average molecular weight is 293 g/mol. The van der Waals surface area contributed by atoms with Crippen molar-refractivity contribution in [3.05, 3.63) is 53.6 Å². The Bertz CT molecular complexity index is 526. The third kappa shape index (κ3) is 4.35. The van der Waals surface area contributed by atoms with Crippen LogP contribution in [0.4, 0.5) is 0 Å². The molecule has 0 fully saturated rings. The van der Waals surface area contributed by atoms with E-state index >= 15 is 0 Å². The van der Waals surface area contributed by atoms with Crippen molar-refractivity contribution in [1.29, 1.82) is 0 Å². The van der Waals surface area contributed by atoms with Gasteiger partial charge in [-0.3, -0.25) is 0 Å². The SMILES string of the molecule is COc1ccccc1OCCCOc1ccc(Cl)cc1. The molecule has 2 aromatic rings. The molecular weight excluding hydrogens is 276 g/mol. The summed E-state index contributed by atoms with van der Waals surface area (Å²) in [4.78, 5) is 0. The highest BCUT2D eigenvalue weighted by molar-refractivity contribution is 6.30. The van der Waals surface area contributed by atoms with Crippen LogP contribution in [0.5, 0.6) is 17.2 Å². The lowest BCUT2D eigenvalue weighted by Crippen LogP contribution is -2.05. The third-order valence-electron chi connectivity index (χ3n) is 2.70. The number of halogens is 1. The van der Waals surface area contributed by atoms with Gasteiger partial charge in [0, 0.05) is 11.4 Å². The summed E-state index contributed by atoms with van der Waals surface area (Å²) in [7, 11) is 1.63. The van der Waals surface area contributed by atoms with Crippen LogP contribution in [0.3, 0.4) is 0 Å². The molecule has 0 heterocycles. The van der Waals surface area contributed by atoms with Crippen LogP contribution in [0, 0.1) is 0 Å². The minimum atomic E-state index is 0.577. The molecular formula is C16H17ClO3. The number of hydrogen-bond donors (Lipinski definition) is 0. The van der Waals surface area contributed by atoms with Crippen molar-refractivity contribution in [1.82, 2.24) is 0 Å². The molecule has 0 unspecified atom stereocenters. The van der Waals surface area contributed by atoms with E-state index in [1.807, 2.05) is 48.5 Å². The van der Waals surface area contributed by atoms with Gasteiger partial charge in [0.2, 0.25) is 0 Å². The topological polar surface area (TPSA) is 27.7 Å². The fourth-order valence-corrected chi connectivity index (χ4v) is 1.83. The molecule has 0 saturated carbocycles. The lowest BCUT2D eigenvalue weighted by Gasteiger charge is -2.10. The maximum Gasteiger partial charge on any atom is 0.161 e. The van der Waals surface area contributed by atoms with Crippen molar-refractivity contribution < 1.29 is 14.2 Å². The smallest absolute Gasteiger partial charge is 0.161 e. The molecule has 0 amide bonds. The summed E-state index contributed by atoms with van der Waals surface area (Å²) in [6, 6.07) is 14.9. The first-order valence-electron chi connectivity index (χ1n) is 6.44. The fourth-order valence-electron chi connectivity index (χ4n) is 1.70. The summed E-state index contributed by atoms with van der Waals surface area (Å²) in [6.07, 6.45) is 0.792. The molecule has 4 heteroatoms. The van der Waals surface area contributed by atoms with Gasteiger partial charge in [0.25, 0.3) is 0 Å². The first-order chi connectivity index (χ1) is 9.79. The summed E-state index contributed by atoms with van der Waals surface area (Å²) in [5, 5.41) is 0.705. The van der Waals surface area contributed by atoms with Gasteiger partial charge in [-0.05, 0) is 36.4 Å². The highest BCUT2D eigenvalue weighted by Crippen LogP contribution is 2.25. The van der Waals surface area contributed by atoms with Crippen LogP contribution in [-0.4, -0.2) is 20.3 Å². The largest absolute Gasteiger partial charge is 0.493 e. The van der Waals surface area contributed by atoms with Crippen LogP contribution in [0.2, 0.25) is 5.02 Å². The molecule has 0 aliphatic heterocycles. The maximum absolute atomic E-state index is 5.80. The van der Waals surface area contributed by atoms with E-state index in [1.165, 1.54) is 0 Å². The Hall–Kier alpha value is -1.87. The van der Waals surface area contributed by atoms with E-state index < -0.39 is 0 Å². The molecule has 20 heavy (non-hydrogen) atoms. The van der Waals surface area contributed by atoms with Crippen molar-refractivity contribution in [3.63, 3.8) is 0 Å². The first-order valence-corrected chi connectivity index (χ1v) is 6.81. The van der Waals surface area contributed by atoms with Crippen molar-refractivity contribution in [2.75, 3.05) is 20.3 Å². The van der Waals surface area contributed by atoms with Gasteiger partial charge >= 0.3 is 0 Å². The van der Waals surface area contributed by atoms with Gasteiger partial charge in [0.1, 0.15) is 5.75 Å². The van der Waals surface area contributed by atoms with Crippen LogP contribution >= 0.6 is 11.6 Å². The molecule has 2 rings (SSSR count). The fraction of sp³-hybridized carbons (Fsp3) is 0.250. The second-order valence-corrected chi connectivity index (χ2v) is 4.59. The predicted octanol–water partition coefficient (Wildman–Crippen LogP) is 4.20. The number of hydrogen-bond acceptors (Lipinski definition) is 3. The van der Waals surface area contributed by atoms with Crippen LogP contribution in [-0.2, 0) is 0 Å². The van der Waals surface area contributed by atoms with Crippen LogP contribution < -0.4 is 14.2 Å². The molecule has 106 valence electrons. The lowest BCUT2D eigenvalue weighted by atomic mass is 10.3. The average Bonchev–Trinajstić information content (AvgIpc) is 2.49. The number of ether oxygens (including phenoxy) is 3. The third-order valence-corrected chi connectivity index (χ3v) is 2.95. The molecule has 0 saturated heterocycles. The molecule has 0 radical (unpaired) electrons. The maximum atomic E-state index is 5.80. The number of rotatable bonds is 7. The van der Waals surface area contributed by atoms with E-state index in [4.69, 9.17) is 25.8 Å². The molecule has 0 N–H and O–H groups in total. The van der Waals surface area contributed by atoms with E-state index in [0.717, 1.165) is 23.7 Å².